The van der Waals surface area contributed by atoms with Gasteiger partial charge in [0.05, 0.1) is 0 Å². The van der Waals surface area contributed by atoms with Crippen LogP contribution in [0.2, 0.25) is 0 Å². The average Bonchev–Trinajstić information content (AvgIpc) is 2.99. The van der Waals surface area contributed by atoms with E-state index in [1.165, 1.54) is 0 Å². The van der Waals surface area contributed by atoms with Gasteiger partial charge in [0, 0.05) is 45.3 Å². The van der Waals surface area contributed by atoms with Gasteiger partial charge in [0.25, 0.3) is 5.91 Å². The number of carbonyl (C=O) groups is 1. The van der Waals surface area contributed by atoms with Crippen LogP contribution in [0.3, 0.4) is 0 Å². The molecule has 8 heteroatoms. The zero-order valence-corrected chi connectivity index (χ0v) is 13.7. The highest BCUT2D eigenvalue weighted by molar-refractivity contribution is 5.92. The highest BCUT2D eigenvalue weighted by Crippen LogP contribution is 2.06. The average molecular weight is 317 g/mol. The molecule has 0 aromatic carbocycles. The summed E-state index contributed by atoms with van der Waals surface area (Å²) in [4.78, 5) is 20.9. The Morgan fingerprint density at radius 1 is 1.35 bits per heavy atom. The van der Waals surface area contributed by atoms with E-state index in [1.54, 1.807) is 0 Å². The summed E-state index contributed by atoms with van der Waals surface area (Å²) >= 11 is 0. The minimum Gasteiger partial charge on any atom is -0.351 e. The van der Waals surface area contributed by atoms with E-state index < -0.39 is 0 Å². The Morgan fingerprint density at radius 3 is 3.00 bits per heavy atom. The van der Waals surface area contributed by atoms with E-state index in [9.17, 15) is 4.79 Å². The summed E-state index contributed by atoms with van der Waals surface area (Å²) in [6.07, 6.45) is 3.52. The molecule has 0 saturated heterocycles. The quantitative estimate of drug-likeness (QED) is 0.761. The summed E-state index contributed by atoms with van der Waals surface area (Å²) in [5.41, 5.74) is 0.509. The summed E-state index contributed by atoms with van der Waals surface area (Å²) in [6, 6.07) is 0. The summed E-state index contributed by atoms with van der Waals surface area (Å²) < 4.78 is 3.93. The van der Waals surface area contributed by atoms with Crippen molar-refractivity contribution in [3.8, 4) is 0 Å². The van der Waals surface area contributed by atoms with Crippen LogP contribution in [0, 0.1) is 13.8 Å². The summed E-state index contributed by atoms with van der Waals surface area (Å²) in [7, 11) is 0. The molecule has 8 nitrogen and oxygen atoms in total. The molecule has 0 unspecified atom stereocenters. The second-order valence-corrected chi connectivity index (χ2v) is 5.77. The predicted molar refractivity (Wildman–Crippen MR) is 85.2 cm³/mol. The van der Waals surface area contributed by atoms with Crippen LogP contribution < -0.4 is 10.6 Å². The predicted octanol–water partition coefficient (Wildman–Crippen LogP) is 0.0572. The fraction of sp³-hybridized carbons (Fsp3) is 0.600. The van der Waals surface area contributed by atoms with E-state index in [0.29, 0.717) is 12.2 Å². The van der Waals surface area contributed by atoms with Gasteiger partial charge in [0.1, 0.15) is 23.2 Å². The van der Waals surface area contributed by atoms with E-state index in [1.807, 2.05) is 24.7 Å². The molecule has 0 saturated carbocycles. The molecule has 1 aliphatic rings. The van der Waals surface area contributed by atoms with E-state index in [0.717, 1.165) is 56.5 Å². The van der Waals surface area contributed by atoms with Gasteiger partial charge in [-0.2, -0.15) is 5.10 Å². The SMILES string of the molecule is Cc1nc(C)n(CCCNC(=O)c2cn3c(n2)CCNCC3)n1. The zero-order valence-electron chi connectivity index (χ0n) is 13.7. The maximum Gasteiger partial charge on any atom is 0.271 e. The van der Waals surface area contributed by atoms with Crippen molar-refractivity contribution in [1.29, 1.82) is 0 Å². The number of aromatic nitrogens is 5. The van der Waals surface area contributed by atoms with Crippen LogP contribution >= 0.6 is 0 Å². The lowest BCUT2D eigenvalue weighted by Crippen LogP contribution is -2.26. The van der Waals surface area contributed by atoms with Gasteiger partial charge in [-0.3, -0.25) is 9.48 Å². The zero-order chi connectivity index (χ0) is 16.2. The lowest BCUT2D eigenvalue weighted by molar-refractivity contribution is 0.0948. The standard InChI is InChI=1S/C15H23N7O/c1-11-18-12(2)22(20-11)8-3-5-17-15(23)13-10-21-9-7-16-6-4-14(21)19-13/h10,16H,3-9H2,1-2H3,(H,17,23). The first kappa shape index (κ1) is 15.7. The largest absolute Gasteiger partial charge is 0.351 e. The molecule has 0 fully saturated rings. The molecule has 23 heavy (non-hydrogen) atoms. The first-order valence-electron chi connectivity index (χ1n) is 8.06. The molecule has 2 aromatic heterocycles. The number of hydrogen-bond donors (Lipinski definition) is 2. The number of rotatable bonds is 5. The molecule has 0 bridgehead atoms. The molecular weight excluding hydrogens is 294 g/mol. The molecule has 1 amide bonds. The summed E-state index contributed by atoms with van der Waals surface area (Å²) in [6.45, 7) is 7.85. The van der Waals surface area contributed by atoms with Crippen LogP contribution in [-0.2, 0) is 19.5 Å². The Labute approximate surface area is 135 Å². The summed E-state index contributed by atoms with van der Waals surface area (Å²) in [5.74, 6) is 2.56. The second-order valence-electron chi connectivity index (χ2n) is 5.77. The van der Waals surface area contributed by atoms with E-state index >= 15 is 0 Å². The topological polar surface area (TPSA) is 89.7 Å². The highest BCUT2D eigenvalue weighted by Gasteiger charge is 2.15. The Morgan fingerprint density at radius 2 is 2.22 bits per heavy atom. The van der Waals surface area contributed by atoms with Crippen LogP contribution in [0.5, 0.6) is 0 Å². The normalized spacial score (nSPS) is 14.3. The van der Waals surface area contributed by atoms with E-state index in [4.69, 9.17) is 0 Å². The maximum atomic E-state index is 12.2. The van der Waals surface area contributed by atoms with Gasteiger partial charge < -0.3 is 15.2 Å². The fourth-order valence-electron chi connectivity index (χ4n) is 2.78. The molecule has 0 spiro atoms. The molecular formula is C15H23N7O. The first-order chi connectivity index (χ1) is 11.1. The number of fused-ring (bicyclic) bond motifs is 1. The van der Waals surface area contributed by atoms with Gasteiger partial charge >= 0.3 is 0 Å². The Balaban J connectivity index is 1.49. The molecule has 0 radical (unpaired) electrons. The van der Waals surface area contributed by atoms with Crippen molar-refractivity contribution < 1.29 is 4.79 Å². The third kappa shape index (κ3) is 3.76. The van der Waals surface area contributed by atoms with Gasteiger partial charge in [-0.25, -0.2) is 9.97 Å². The minimum atomic E-state index is -0.106. The van der Waals surface area contributed by atoms with E-state index in [-0.39, 0.29) is 5.91 Å². The van der Waals surface area contributed by atoms with Gasteiger partial charge in [-0.15, -0.1) is 0 Å². The van der Waals surface area contributed by atoms with Crippen molar-refractivity contribution in [3.63, 3.8) is 0 Å². The van der Waals surface area contributed by atoms with Crippen LogP contribution in [-0.4, -0.2) is 49.9 Å². The maximum absolute atomic E-state index is 12.2. The van der Waals surface area contributed by atoms with Crippen LogP contribution in [0.15, 0.2) is 6.20 Å². The van der Waals surface area contributed by atoms with Crippen molar-refractivity contribution in [1.82, 2.24) is 34.9 Å². The van der Waals surface area contributed by atoms with Crippen molar-refractivity contribution in [2.75, 3.05) is 19.6 Å². The number of hydrogen-bond acceptors (Lipinski definition) is 5. The lowest BCUT2D eigenvalue weighted by atomic mass is 10.3. The number of carbonyl (C=O) groups excluding carboxylic acids is 1. The summed E-state index contributed by atoms with van der Waals surface area (Å²) in [5, 5.41) is 10.6. The lowest BCUT2D eigenvalue weighted by Gasteiger charge is -2.04. The Hall–Kier alpha value is -2.22. The molecule has 3 rings (SSSR count). The number of nitrogens with zero attached hydrogens (tertiary/aromatic N) is 5. The van der Waals surface area contributed by atoms with Gasteiger partial charge in [0.2, 0.25) is 0 Å². The molecule has 124 valence electrons. The molecule has 3 heterocycles. The second kappa shape index (κ2) is 6.91. The van der Waals surface area contributed by atoms with Crippen LogP contribution in [0.4, 0.5) is 0 Å². The minimum absolute atomic E-state index is 0.106. The van der Waals surface area contributed by atoms with Crippen LogP contribution in [0.1, 0.15) is 34.4 Å². The van der Waals surface area contributed by atoms with Gasteiger partial charge in [-0.1, -0.05) is 0 Å². The van der Waals surface area contributed by atoms with Crippen molar-refractivity contribution in [2.45, 2.75) is 39.8 Å². The molecule has 0 atom stereocenters. The highest BCUT2D eigenvalue weighted by atomic mass is 16.1. The van der Waals surface area contributed by atoms with Crippen LogP contribution in [0.25, 0.3) is 0 Å². The third-order valence-corrected chi connectivity index (χ3v) is 3.94. The van der Waals surface area contributed by atoms with Gasteiger partial charge in [0.15, 0.2) is 0 Å². The number of aryl methyl sites for hydroxylation is 3. The fourth-order valence-corrected chi connectivity index (χ4v) is 2.78. The molecule has 2 aromatic rings. The van der Waals surface area contributed by atoms with Crippen molar-refractivity contribution in [2.24, 2.45) is 0 Å². The number of amides is 1. The Kier molecular flexibility index (Phi) is 4.71. The first-order valence-corrected chi connectivity index (χ1v) is 8.06. The molecule has 0 aliphatic carbocycles. The molecule has 2 N–H and O–H groups in total. The number of imidazole rings is 1. The smallest absolute Gasteiger partial charge is 0.271 e. The number of nitrogens with one attached hydrogen (secondary N) is 2. The third-order valence-electron chi connectivity index (χ3n) is 3.94. The van der Waals surface area contributed by atoms with Gasteiger partial charge in [-0.05, 0) is 20.3 Å². The van der Waals surface area contributed by atoms with E-state index in [2.05, 4.69) is 30.3 Å². The Bertz CT molecular complexity index is 665. The monoisotopic (exact) mass is 317 g/mol. The van der Waals surface area contributed by atoms with Crippen molar-refractivity contribution >= 4 is 5.91 Å². The van der Waals surface area contributed by atoms with Crippen molar-refractivity contribution in [3.05, 3.63) is 29.4 Å². The molecule has 1 aliphatic heterocycles.